The van der Waals surface area contributed by atoms with E-state index in [2.05, 4.69) is 15.0 Å². The number of aryl methyl sites for hydroxylation is 2. The summed E-state index contributed by atoms with van der Waals surface area (Å²) in [6.07, 6.45) is 0.206. The van der Waals surface area contributed by atoms with Crippen LogP contribution in [0.15, 0.2) is 36.4 Å². The van der Waals surface area contributed by atoms with Crippen LogP contribution in [0.5, 0.6) is 5.75 Å². The van der Waals surface area contributed by atoms with Crippen molar-refractivity contribution in [3.05, 3.63) is 51.0 Å². The Labute approximate surface area is 174 Å². The van der Waals surface area contributed by atoms with Crippen molar-refractivity contribution in [1.29, 1.82) is 0 Å². The maximum Gasteiger partial charge on any atom is 0.387 e. The Hall–Kier alpha value is -2.65. The Morgan fingerprint density at radius 3 is 2.41 bits per heavy atom. The van der Waals surface area contributed by atoms with Gasteiger partial charge in [0.25, 0.3) is 0 Å². The number of nitrogens with zero attached hydrogens (tertiary/aromatic N) is 1. The van der Waals surface area contributed by atoms with Crippen LogP contribution in [0.25, 0.3) is 11.3 Å². The van der Waals surface area contributed by atoms with Crippen molar-refractivity contribution in [2.75, 3.05) is 5.32 Å². The van der Waals surface area contributed by atoms with Gasteiger partial charge in [-0.05, 0) is 50.2 Å². The molecule has 152 valence electrons. The first kappa shape index (κ1) is 21.1. The summed E-state index contributed by atoms with van der Waals surface area (Å²) in [6, 6.07) is 9.80. The van der Waals surface area contributed by atoms with Crippen molar-refractivity contribution in [3.8, 4) is 17.0 Å². The van der Waals surface area contributed by atoms with E-state index < -0.39 is 6.61 Å². The van der Waals surface area contributed by atoms with Crippen molar-refractivity contribution in [3.63, 3.8) is 0 Å². The monoisotopic (exact) mass is 436 g/mol. The standard InChI is InChI=1S/C20H18F2N2O3S2/c1-11-3-9-16(28-11)15(25)8-10-17(26)23-20-24-18(12(2)29-20)13-4-6-14(7-5-13)27-19(21)22/h3-7,9,19H,8,10H2,1-2H3,(H,23,24,26). The van der Waals surface area contributed by atoms with Gasteiger partial charge in [-0.1, -0.05) is 0 Å². The lowest BCUT2D eigenvalue weighted by molar-refractivity contribution is -0.116. The molecule has 1 aromatic carbocycles. The van der Waals surface area contributed by atoms with E-state index in [1.54, 1.807) is 18.2 Å². The van der Waals surface area contributed by atoms with Crippen LogP contribution in [0.4, 0.5) is 13.9 Å². The molecule has 0 unspecified atom stereocenters. The molecule has 0 atom stereocenters. The zero-order valence-corrected chi connectivity index (χ0v) is 17.3. The first-order valence-corrected chi connectivity index (χ1v) is 10.4. The van der Waals surface area contributed by atoms with Crippen molar-refractivity contribution < 1.29 is 23.1 Å². The van der Waals surface area contributed by atoms with Gasteiger partial charge in [-0.2, -0.15) is 8.78 Å². The average molecular weight is 437 g/mol. The molecule has 3 aromatic rings. The summed E-state index contributed by atoms with van der Waals surface area (Å²) in [7, 11) is 0. The second-order valence-electron chi connectivity index (χ2n) is 6.21. The lowest BCUT2D eigenvalue weighted by Gasteiger charge is -2.05. The Balaban J connectivity index is 1.59. The minimum absolute atomic E-state index is 0.0552. The number of amides is 1. The Bertz CT molecular complexity index is 1010. The summed E-state index contributed by atoms with van der Waals surface area (Å²) < 4.78 is 28.8. The van der Waals surface area contributed by atoms with Crippen molar-refractivity contribution in [1.82, 2.24) is 4.98 Å². The summed E-state index contributed by atoms with van der Waals surface area (Å²) in [5, 5.41) is 3.14. The van der Waals surface area contributed by atoms with Gasteiger partial charge in [-0.15, -0.1) is 22.7 Å². The van der Waals surface area contributed by atoms with E-state index in [0.29, 0.717) is 15.7 Å². The van der Waals surface area contributed by atoms with E-state index in [9.17, 15) is 18.4 Å². The second kappa shape index (κ2) is 9.23. The SMILES string of the molecule is Cc1ccc(C(=O)CCC(=O)Nc2nc(-c3ccc(OC(F)F)cc3)c(C)s2)s1. The molecule has 0 aliphatic rings. The van der Waals surface area contributed by atoms with Crippen LogP contribution in [0.1, 0.15) is 32.3 Å². The zero-order chi connectivity index (χ0) is 21.0. The Kier molecular flexibility index (Phi) is 6.71. The highest BCUT2D eigenvalue weighted by Crippen LogP contribution is 2.31. The summed E-state index contributed by atoms with van der Waals surface area (Å²) >= 11 is 2.73. The highest BCUT2D eigenvalue weighted by Gasteiger charge is 2.15. The number of ketones is 1. The molecule has 0 radical (unpaired) electrons. The molecule has 2 heterocycles. The Morgan fingerprint density at radius 2 is 1.79 bits per heavy atom. The van der Waals surface area contributed by atoms with Gasteiger partial charge in [0.1, 0.15) is 5.75 Å². The summed E-state index contributed by atoms with van der Waals surface area (Å²) in [5.41, 5.74) is 1.38. The van der Waals surface area contributed by atoms with Gasteiger partial charge < -0.3 is 10.1 Å². The lowest BCUT2D eigenvalue weighted by Crippen LogP contribution is -2.13. The maximum atomic E-state index is 12.2. The van der Waals surface area contributed by atoms with E-state index in [0.717, 1.165) is 15.3 Å². The van der Waals surface area contributed by atoms with Crippen molar-refractivity contribution >= 4 is 39.5 Å². The highest BCUT2D eigenvalue weighted by atomic mass is 32.1. The fourth-order valence-corrected chi connectivity index (χ4v) is 4.32. The molecular formula is C20H18F2N2O3S2. The van der Waals surface area contributed by atoms with Gasteiger partial charge in [-0.25, -0.2) is 4.98 Å². The minimum atomic E-state index is -2.88. The topological polar surface area (TPSA) is 68.3 Å². The number of anilines is 1. The predicted molar refractivity (Wildman–Crippen MR) is 110 cm³/mol. The van der Waals surface area contributed by atoms with E-state index in [1.807, 2.05) is 19.9 Å². The second-order valence-corrected chi connectivity index (χ2v) is 8.70. The van der Waals surface area contributed by atoms with Crippen molar-refractivity contribution in [2.24, 2.45) is 0 Å². The number of rotatable bonds is 8. The molecule has 5 nitrogen and oxygen atoms in total. The van der Waals surface area contributed by atoms with Crippen LogP contribution in [0.2, 0.25) is 0 Å². The van der Waals surface area contributed by atoms with Gasteiger partial charge in [0.05, 0.1) is 10.6 Å². The maximum absolute atomic E-state index is 12.2. The third kappa shape index (κ3) is 5.68. The first-order chi connectivity index (χ1) is 13.8. The number of alkyl halides is 2. The fourth-order valence-electron chi connectivity index (χ4n) is 2.63. The van der Waals surface area contributed by atoms with Crippen LogP contribution < -0.4 is 10.1 Å². The van der Waals surface area contributed by atoms with E-state index in [1.165, 1.54) is 34.8 Å². The number of aromatic nitrogens is 1. The summed E-state index contributed by atoms with van der Waals surface area (Å²) in [6.45, 7) is 0.907. The number of ether oxygens (including phenoxy) is 1. The number of hydrogen-bond donors (Lipinski definition) is 1. The summed E-state index contributed by atoms with van der Waals surface area (Å²) in [5.74, 6) is -0.274. The fraction of sp³-hybridized carbons (Fsp3) is 0.250. The number of Topliss-reactive ketones (excluding diaryl/α,β-unsaturated/α-hetero) is 1. The van der Waals surface area contributed by atoms with E-state index >= 15 is 0 Å². The van der Waals surface area contributed by atoms with Crippen LogP contribution in [0.3, 0.4) is 0 Å². The van der Waals surface area contributed by atoms with Gasteiger partial charge in [-0.3, -0.25) is 9.59 Å². The van der Waals surface area contributed by atoms with Gasteiger partial charge in [0.15, 0.2) is 10.9 Å². The van der Waals surface area contributed by atoms with Gasteiger partial charge >= 0.3 is 6.61 Å². The zero-order valence-electron chi connectivity index (χ0n) is 15.7. The van der Waals surface area contributed by atoms with Crippen LogP contribution in [-0.2, 0) is 4.79 Å². The average Bonchev–Trinajstić information content (AvgIpc) is 3.25. The first-order valence-electron chi connectivity index (χ1n) is 8.74. The minimum Gasteiger partial charge on any atom is -0.435 e. The van der Waals surface area contributed by atoms with Gasteiger partial charge in [0.2, 0.25) is 5.91 Å². The number of thiazole rings is 1. The Morgan fingerprint density at radius 1 is 1.07 bits per heavy atom. The number of hydrogen-bond acceptors (Lipinski definition) is 6. The molecule has 9 heteroatoms. The molecular weight excluding hydrogens is 418 g/mol. The molecule has 2 aromatic heterocycles. The van der Waals surface area contributed by atoms with E-state index in [-0.39, 0.29) is 30.3 Å². The van der Waals surface area contributed by atoms with E-state index in [4.69, 9.17) is 0 Å². The molecule has 1 N–H and O–H groups in total. The molecule has 3 rings (SSSR count). The summed E-state index contributed by atoms with van der Waals surface area (Å²) in [4.78, 5) is 31.3. The number of benzene rings is 1. The lowest BCUT2D eigenvalue weighted by atomic mass is 10.1. The number of halogens is 2. The smallest absolute Gasteiger partial charge is 0.387 e. The molecule has 0 bridgehead atoms. The highest BCUT2D eigenvalue weighted by molar-refractivity contribution is 7.16. The number of nitrogens with one attached hydrogen (secondary N) is 1. The predicted octanol–water partition coefficient (Wildman–Crippen LogP) is 5.69. The molecule has 29 heavy (non-hydrogen) atoms. The number of thiophene rings is 1. The van der Waals surface area contributed by atoms with Gasteiger partial charge in [0, 0.05) is 28.2 Å². The normalized spacial score (nSPS) is 10.9. The third-order valence-corrected chi connectivity index (χ3v) is 5.92. The van der Waals surface area contributed by atoms with Crippen LogP contribution in [0, 0.1) is 13.8 Å². The molecule has 0 saturated heterocycles. The third-order valence-electron chi connectivity index (χ3n) is 3.99. The molecule has 0 fully saturated rings. The molecule has 0 saturated carbocycles. The number of carbonyl (C=O) groups is 2. The molecule has 0 aliphatic heterocycles. The molecule has 0 spiro atoms. The molecule has 0 aliphatic carbocycles. The quantitative estimate of drug-likeness (QED) is 0.461. The molecule has 1 amide bonds. The largest absolute Gasteiger partial charge is 0.435 e. The number of carbonyl (C=O) groups excluding carboxylic acids is 2. The van der Waals surface area contributed by atoms with Crippen LogP contribution in [-0.4, -0.2) is 23.3 Å². The van der Waals surface area contributed by atoms with Crippen molar-refractivity contribution in [2.45, 2.75) is 33.3 Å². The van der Waals surface area contributed by atoms with Crippen LogP contribution >= 0.6 is 22.7 Å².